The third-order valence-electron chi connectivity index (χ3n) is 3.63. The zero-order chi connectivity index (χ0) is 16.4. The van der Waals surface area contributed by atoms with Crippen LogP contribution in [0.1, 0.15) is 27.2 Å². The van der Waals surface area contributed by atoms with Gasteiger partial charge in [0.05, 0.1) is 0 Å². The first-order valence-corrected chi connectivity index (χ1v) is 8.32. The molecular weight excluding hydrogens is 304 g/mol. The molecule has 3 rings (SSSR count). The monoisotopic (exact) mass is 322 g/mol. The maximum atomic E-state index is 12.4. The van der Waals surface area contributed by atoms with Gasteiger partial charge in [0.15, 0.2) is 4.80 Å². The number of carbonyl (C=O) groups is 1. The Hall–Kier alpha value is -2.46. The van der Waals surface area contributed by atoms with Crippen LogP contribution in [0.25, 0.3) is 5.69 Å². The van der Waals surface area contributed by atoms with Crippen LogP contribution in [0.3, 0.4) is 0 Å². The molecule has 0 unspecified atom stereocenters. The summed E-state index contributed by atoms with van der Waals surface area (Å²) in [6, 6.07) is 15.7. The lowest BCUT2D eigenvalue weighted by atomic mass is 10.1. The molecule has 0 fully saturated rings. The van der Waals surface area contributed by atoms with Crippen molar-refractivity contribution in [2.24, 2.45) is 4.99 Å². The van der Waals surface area contributed by atoms with E-state index < -0.39 is 0 Å². The van der Waals surface area contributed by atoms with Crippen molar-refractivity contribution in [1.82, 2.24) is 4.57 Å². The minimum absolute atomic E-state index is 0.215. The number of carbonyl (C=O) groups excluding carboxylic acids is 1. The zero-order valence-electron chi connectivity index (χ0n) is 13.4. The molecule has 0 spiro atoms. The third-order valence-corrected chi connectivity index (χ3v) is 4.58. The Morgan fingerprint density at radius 1 is 1.00 bits per heavy atom. The van der Waals surface area contributed by atoms with Crippen molar-refractivity contribution in [3.8, 4) is 5.69 Å². The van der Waals surface area contributed by atoms with Crippen LogP contribution in [0.5, 0.6) is 0 Å². The fraction of sp³-hybridized carbons (Fsp3) is 0.158. The highest BCUT2D eigenvalue weighted by Crippen LogP contribution is 2.13. The van der Waals surface area contributed by atoms with Crippen molar-refractivity contribution in [3.63, 3.8) is 0 Å². The normalized spacial score (nSPS) is 11.7. The Balaban J connectivity index is 2.07. The van der Waals surface area contributed by atoms with Gasteiger partial charge in [0.25, 0.3) is 5.91 Å². The third kappa shape index (κ3) is 3.32. The summed E-state index contributed by atoms with van der Waals surface area (Å²) in [5.74, 6) is -0.215. The highest BCUT2D eigenvalue weighted by atomic mass is 32.1. The number of hydrogen-bond acceptors (Lipinski definition) is 2. The molecule has 3 nitrogen and oxygen atoms in total. The van der Waals surface area contributed by atoms with Gasteiger partial charge >= 0.3 is 0 Å². The van der Waals surface area contributed by atoms with E-state index in [9.17, 15) is 4.79 Å². The number of benzene rings is 2. The molecular formula is C19H18N2OS. The van der Waals surface area contributed by atoms with Gasteiger partial charge in [0, 0.05) is 22.3 Å². The van der Waals surface area contributed by atoms with E-state index in [1.54, 1.807) is 0 Å². The zero-order valence-corrected chi connectivity index (χ0v) is 14.2. The summed E-state index contributed by atoms with van der Waals surface area (Å²) >= 11 is 1.48. The lowest BCUT2D eigenvalue weighted by molar-refractivity contribution is 0.0998. The number of hydrogen-bond donors (Lipinski definition) is 0. The van der Waals surface area contributed by atoms with Crippen molar-refractivity contribution in [1.29, 1.82) is 0 Å². The predicted molar refractivity (Wildman–Crippen MR) is 94.2 cm³/mol. The van der Waals surface area contributed by atoms with E-state index in [2.05, 4.69) is 24.0 Å². The average molecular weight is 322 g/mol. The molecule has 23 heavy (non-hydrogen) atoms. The molecule has 4 heteroatoms. The van der Waals surface area contributed by atoms with Gasteiger partial charge in [-0.3, -0.25) is 9.36 Å². The molecule has 0 saturated carbocycles. The first kappa shape index (κ1) is 15.4. The Bertz CT molecular complexity index is 917. The number of thiazole rings is 1. The van der Waals surface area contributed by atoms with Crippen LogP contribution in [0.2, 0.25) is 0 Å². The topological polar surface area (TPSA) is 34.4 Å². The van der Waals surface area contributed by atoms with Crippen molar-refractivity contribution in [2.45, 2.75) is 20.8 Å². The van der Waals surface area contributed by atoms with E-state index in [4.69, 9.17) is 0 Å². The molecule has 0 atom stereocenters. The van der Waals surface area contributed by atoms with E-state index in [1.807, 2.05) is 60.2 Å². The van der Waals surface area contributed by atoms with Crippen LogP contribution >= 0.6 is 11.3 Å². The number of aromatic nitrogens is 1. The minimum atomic E-state index is -0.215. The van der Waals surface area contributed by atoms with Gasteiger partial charge in [0.1, 0.15) is 0 Å². The fourth-order valence-corrected chi connectivity index (χ4v) is 3.27. The molecule has 0 N–H and O–H groups in total. The molecule has 3 aromatic rings. The lowest BCUT2D eigenvalue weighted by Gasteiger charge is -2.06. The van der Waals surface area contributed by atoms with Gasteiger partial charge in [-0.15, -0.1) is 11.3 Å². The largest absolute Gasteiger partial charge is 0.290 e. The van der Waals surface area contributed by atoms with Crippen molar-refractivity contribution in [2.75, 3.05) is 0 Å². The Morgan fingerprint density at radius 2 is 1.74 bits per heavy atom. The fourth-order valence-electron chi connectivity index (χ4n) is 2.40. The number of nitrogens with zero attached hydrogens (tertiary/aromatic N) is 2. The van der Waals surface area contributed by atoms with Crippen LogP contribution in [0.4, 0.5) is 0 Å². The predicted octanol–water partition coefficient (Wildman–Crippen LogP) is 4.21. The van der Waals surface area contributed by atoms with Crippen LogP contribution < -0.4 is 4.80 Å². The smallest absolute Gasteiger partial charge is 0.279 e. The second-order valence-electron chi connectivity index (χ2n) is 5.62. The first-order valence-electron chi connectivity index (χ1n) is 7.44. The van der Waals surface area contributed by atoms with Gasteiger partial charge < -0.3 is 0 Å². The number of aryl methyl sites for hydroxylation is 3. The quantitative estimate of drug-likeness (QED) is 0.696. The molecule has 2 aromatic carbocycles. The first-order chi connectivity index (χ1) is 11.0. The molecule has 0 aliphatic carbocycles. The highest BCUT2D eigenvalue weighted by Gasteiger charge is 2.08. The summed E-state index contributed by atoms with van der Waals surface area (Å²) in [6.45, 7) is 6.08. The van der Waals surface area contributed by atoms with E-state index in [0.717, 1.165) is 16.9 Å². The van der Waals surface area contributed by atoms with Gasteiger partial charge in [0.2, 0.25) is 0 Å². The van der Waals surface area contributed by atoms with Crippen LogP contribution in [0, 0.1) is 20.8 Å². The van der Waals surface area contributed by atoms with Crippen molar-refractivity contribution < 1.29 is 4.79 Å². The van der Waals surface area contributed by atoms with E-state index >= 15 is 0 Å². The van der Waals surface area contributed by atoms with Gasteiger partial charge in [-0.25, -0.2) is 0 Å². The molecule has 0 bridgehead atoms. The molecule has 0 radical (unpaired) electrons. The summed E-state index contributed by atoms with van der Waals surface area (Å²) < 4.78 is 2.02. The molecule has 1 heterocycles. The average Bonchev–Trinajstić information content (AvgIpc) is 2.88. The second kappa shape index (κ2) is 6.34. The van der Waals surface area contributed by atoms with Crippen molar-refractivity contribution in [3.05, 3.63) is 81.1 Å². The molecule has 1 amide bonds. The highest BCUT2D eigenvalue weighted by molar-refractivity contribution is 7.07. The lowest BCUT2D eigenvalue weighted by Crippen LogP contribution is -2.16. The minimum Gasteiger partial charge on any atom is -0.290 e. The Kier molecular flexibility index (Phi) is 4.26. The molecule has 1 aromatic heterocycles. The standard InChI is InChI=1S/C19H18N2OS/c1-13-7-9-16(10-8-13)18(22)20-19-21(15(3)12-23-19)17-6-4-5-14(2)11-17/h4-12H,1-3H3. The summed E-state index contributed by atoms with van der Waals surface area (Å²) in [5, 5.41) is 2.02. The van der Waals surface area contributed by atoms with E-state index in [0.29, 0.717) is 10.4 Å². The summed E-state index contributed by atoms with van der Waals surface area (Å²) in [5.41, 5.74) is 5.01. The van der Waals surface area contributed by atoms with Gasteiger partial charge in [-0.2, -0.15) is 4.99 Å². The Morgan fingerprint density at radius 3 is 2.43 bits per heavy atom. The van der Waals surface area contributed by atoms with Gasteiger partial charge in [-0.1, -0.05) is 29.8 Å². The molecule has 0 saturated heterocycles. The maximum absolute atomic E-state index is 12.4. The van der Waals surface area contributed by atoms with Crippen LogP contribution in [-0.4, -0.2) is 10.5 Å². The summed E-state index contributed by atoms with van der Waals surface area (Å²) in [6.07, 6.45) is 0. The van der Waals surface area contributed by atoms with E-state index in [-0.39, 0.29) is 5.91 Å². The summed E-state index contributed by atoms with van der Waals surface area (Å²) in [7, 11) is 0. The maximum Gasteiger partial charge on any atom is 0.279 e. The van der Waals surface area contributed by atoms with Crippen LogP contribution in [-0.2, 0) is 0 Å². The molecule has 0 aliphatic rings. The van der Waals surface area contributed by atoms with Gasteiger partial charge in [-0.05, 0) is 50.6 Å². The summed E-state index contributed by atoms with van der Waals surface area (Å²) in [4.78, 5) is 17.4. The number of rotatable bonds is 2. The van der Waals surface area contributed by atoms with Crippen molar-refractivity contribution >= 4 is 17.2 Å². The van der Waals surface area contributed by atoms with E-state index in [1.165, 1.54) is 16.9 Å². The molecule has 116 valence electrons. The molecule has 0 aliphatic heterocycles. The number of amides is 1. The second-order valence-corrected chi connectivity index (χ2v) is 6.45. The SMILES string of the molecule is Cc1ccc(C(=O)N=c2scc(C)n2-c2cccc(C)c2)cc1. The van der Waals surface area contributed by atoms with Crippen LogP contribution in [0.15, 0.2) is 58.9 Å². The Labute approximate surface area is 139 Å².